The van der Waals surface area contributed by atoms with Crippen LogP contribution in [0.15, 0.2) is 11.8 Å². The Morgan fingerprint density at radius 3 is 2.75 bits per heavy atom. The number of amides is 1. The maximum atomic E-state index is 11.6. The van der Waals surface area contributed by atoms with Crippen LogP contribution in [0.3, 0.4) is 0 Å². The molecule has 0 saturated carbocycles. The quantitative estimate of drug-likeness (QED) is 0.341. The first kappa shape index (κ1) is 12.9. The Kier molecular flexibility index (Phi) is 5.73. The van der Waals surface area contributed by atoms with Crippen molar-refractivity contribution in [1.82, 2.24) is 10.2 Å². The number of alkyl halides is 1. The molecule has 1 aliphatic heterocycles. The molecule has 0 aromatic rings. The third-order valence-corrected chi connectivity index (χ3v) is 2.68. The van der Waals surface area contributed by atoms with E-state index < -0.39 is 0 Å². The summed E-state index contributed by atoms with van der Waals surface area (Å²) in [6.45, 7) is 2.38. The number of rotatable bonds is 5. The molecular formula is C11H16ClN3O. The number of halogens is 1. The maximum absolute atomic E-state index is 11.6. The molecule has 0 unspecified atom stereocenters. The van der Waals surface area contributed by atoms with Crippen molar-refractivity contribution in [1.29, 1.82) is 5.26 Å². The molecule has 1 heterocycles. The van der Waals surface area contributed by atoms with Gasteiger partial charge < -0.3 is 10.2 Å². The molecule has 1 amide bonds. The number of hydrogen-bond acceptors (Lipinski definition) is 3. The zero-order chi connectivity index (χ0) is 11.8. The van der Waals surface area contributed by atoms with Crippen LogP contribution in [0.1, 0.15) is 19.3 Å². The lowest BCUT2D eigenvalue weighted by Crippen LogP contribution is -2.27. The highest BCUT2D eigenvalue weighted by atomic mass is 35.5. The number of carbonyl (C=O) groups is 1. The fraction of sp³-hybridized carbons (Fsp3) is 0.636. The summed E-state index contributed by atoms with van der Waals surface area (Å²) < 4.78 is 0. The Bertz CT molecular complexity index is 303. The first-order valence-corrected chi connectivity index (χ1v) is 6.01. The van der Waals surface area contributed by atoms with E-state index in [2.05, 4.69) is 5.32 Å². The Morgan fingerprint density at radius 1 is 1.50 bits per heavy atom. The van der Waals surface area contributed by atoms with Gasteiger partial charge in [-0.25, -0.2) is 0 Å². The van der Waals surface area contributed by atoms with Crippen molar-refractivity contribution in [2.75, 3.05) is 25.5 Å². The minimum absolute atomic E-state index is 0.177. The van der Waals surface area contributed by atoms with Gasteiger partial charge in [-0.15, -0.1) is 11.6 Å². The molecule has 0 bridgehead atoms. The van der Waals surface area contributed by atoms with Crippen molar-refractivity contribution in [3.8, 4) is 6.07 Å². The summed E-state index contributed by atoms with van der Waals surface area (Å²) >= 11 is 5.50. The van der Waals surface area contributed by atoms with Crippen molar-refractivity contribution in [2.45, 2.75) is 19.3 Å². The normalized spacial score (nSPS) is 16.0. The Morgan fingerprint density at radius 2 is 2.19 bits per heavy atom. The molecule has 1 fully saturated rings. The number of carbonyl (C=O) groups excluding carboxylic acids is 1. The summed E-state index contributed by atoms with van der Waals surface area (Å²) in [5.41, 5.74) is 0.177. The van der Waals surface area contributed by atoms with Gasteiger partial charge in [-0.2, -0.15) is 5.26 Å². The lowest BCUT2D eigenvalue weighted by Gasteiger charge is -2.11. The van der Waals surface area contributed by atoms with Crippen LogP contribution in [0.25, 0.3) is 0 Å². The van der Waals surface area contributed by atoms with Crippen LogP contribution < -0.4 is 5.32 Å². The van der Waals surface area contributed by atoms with E-state index in [1.54, 1.807) is 6.20 Å². The third-order valence-electron chi connectivity index (χ3n) is 2.41. The van der Waals surface area contributed by atoms with Crippen molar-refractivity contribution in [3.05, 3.63) is 11.8 Å². The molecule has 1 saturated heterocycles. The van der Waals surface area contributed by atoms with Crippen molar-refractivity contribution >= 4 is 17.5 Å². The topological polar surface area (TPSA) is 56.1 Å². The molecule has 0 aliphatic carbocycles. The largest absolute Gasteiger partial charge is 0.376 e. The summed E-state index contributed by atoms with van der Waals surface area (Å²) in [5, 5.41) is 11.5. The molecule has 0 spiro atoms. The summed E-state index contributed by atoms with van der Waals surface area (Å²) in [5.74, 6) is 0.206. The van der Waals surface area contributed by atoms with Gasteiger partial charge in [0, 0.05) is 31.7 Å². The second kappa shape index (κ2) is 7.13. The lowest BCUT2D eigenvalue weighted by atomic mass is 10.3. The lowest BCUT2D eigenvalue weighted by molar-refractivity contribution is -0.117. The second-order valence-electron chi connectivity index (χ2n) is 3.70. The second-order valence-corrected chi connectivity index (χ2v) is 4.07. The molecule has 0 radical (unpaired) electrons. The van der Waals surface area contributed by atoms with Gasteiger partial charge in [-0.3, -0.25) is 4.79 Å². The highest BCUT2D eigenvalue weighted by molar-refractivity contribution is 6.17. The standard InChI is InChI=1S/C11H16ClN3O/c12-4-3-5-14-11(16)10(8-13)9-15-6-1-2-7-15/h9H,1-7H2,(H,14,16)/b10-9-. The minimum atomic E-state index is -0.306. The number of hydrogen-bond donors (Lipinski definition) is 1. The van der Waals surface area contributed by atoms with Gasteiger partial charge in [0.15, 0.2) is 0 Å². The van der Waals surface area contributed by atoms with Crippen LogP contribution in [0.2, 0.25) is 0 Å². The van der Waals surface area contributed by atoms with E-state index in [4.69, 9.17) is 16.9 Å². The molecule has 16 heavy (non-hydrogen) atoms. The van der Waals surface area contributed by atoms with Gasteiger partial charge in [0.1, 0.15) is 11.6 Å². The highest BCUT2D eigenvalue weighted by Crippen LogP contribution is 2.09. The van der Waals surface area contributed by atoms with Gasteiger partial charge in [-0.1, -0.05) is 0 Å². The predicted molar refractivity (Wildman–Crippen MR) is 62.8 cm³/mol. The van der Waals surface area contributed by atoms with Gasteiger partial charge in [-0.05, 0) is 19.3 Å². The van der Waals surface area contributed by atoms with Crippen LogP contribution in [0.5, 0.6) is 0 Å². The predicted octanol–water partition coefficient (Wildman–Crippen LogP) is 1.23. The maximum Gasteiger partial charge on any atom is 0.263 e. The molecule has 5 heteroatoms. The van der Waals surface area contributed by atoms with E-state index in [1.165, 1.54) is 0 Å². The van der Waals surface area contributed by atoms with E-state index in [-0.39, 0.29) is 11.5 Å². The van der Waals surface area contributed by atoms with Crippen LogP contribution in [-0.2, 0) is 4.79 Å². The van der Waals surface area contributed by atoms with E-state index in [0.717, 1.165) is 32.4 Å². The average Bonchev–Trinajstić information content (AvgIpc) is 2.78. The van der Waals surface area contributed by atoms with Gasteiger partial charge in [0.25, 0.3) is 5.91 Å². The van der Waals surface area contributed by atoms with E-state index in [0.29, 0.717) is 12.4 Å². The molecular weight excluding hydrogens is 226 g/mol. The molecule has 0 atom stereocenters. The fourth-order valence-electron chi connectivity index (χ4n) is 1.56. The van der Waals surface area contributed by atoms with E-state index >= 15 is 0 Å². The van der Waals surface area contributed by atoms with Gasteiger partial charge in [0.05, 0.1) is 0 Å². The monoisotopic (exact) mass is 241 g/mol. The Balaban J connectivity index is 2.46. The van der Waals surface area contributed by atoms with Crippen LogP contribution in [0, 0.1) is 11.3 Å². The zero-order valence-electron chi connectivity index (χ0n) is 9.21. The van der Waals surface area contributed by atoms with Crippen LogP contribution >= 0.6 is 11.6 Å². The van der Waals surface area contributed by atoms with Crippen molar-refractivity contribution in [3.63, 3.8) is 0 Å². The summed E-state index contributed by atoms with van der Waals surface area (Å²) in [6.07, 6.45) is 4.63. The zero-order valence-corrected chi connectivity index (χ0v) is 9.96. The SMILES string of the molecule is N#C/C(=C/N1CCCC1)C(=O)NCCCCl. The molecule has 0 aromatic carbocycles. The van der Waals surface area contributed by atoms with Crippen molar-refractivity contribution in [2.24, 2.45) is 0 Å². The van der Waals surface area contributed by atoms with E-state index in [9.17, 15) is 4.79 Å². The first-order chi connectivity index (χ1) is 7.77. The number of nitrogens with zero attached hydrogens (tertiary/aromatic N) is 2. The number of likely N-dealkylation sites (tertiary alicyclic amines) is 1. The molecule has 0 aromatic heterocycles. The Labute approximate surface area is 101 Å². The third kappa shape index (κ3) is 4.11. The summed E-state index contributed by atoms with van der Waals surface area (Å²) in [6, 6.07) is 1.93. The molecule has 88 valence electrons. The average molecular weight is 242 g/mol. The fourth-order valence-corrected chi connectivity index (χ4v) is 1.69. The smallest absolute Gasteiger partial charge is 0.263 e. The van der Waals surface area contributed by atoms with Crippen LogP contribution in [0.4, 0.5) is 0 Å². The summed E-state index contributed by atoms with van der Waals surface area (Å²) in [7, 11) is 0. The Hall–Kier alpha value is -1.21. The number of nitrogens with one attached hydrogen (secondary N) is 1. The van der Waals surface area contributed by atoms with E-state index in [1.807, 2.05) is 11.0 Å². The minimum Gasteiger partial charge on any atom is -0.376 e. The molecule has 1 aliphatic rings. The van der Waals surface area contributed by atoms with Crippen molar-refractivity contribution < 1.29 is 4.79 Å². The van der Waals surface area contributed by atoms with Crippen LogP contribution in [-0.4, -0.2) is 36.3 Å². The van der Waals surface area contributed by atoms with Gasteiger partial charge in [0.2, 0.25) is 0 Å². The van der Waals surface area contributed by atoms with Gasteiger partial charge >= 0.3 is 0 Å². The molecule has 1 rings (SSSR count). The molecule has 4 nitrogen and oxygen atoms in total. The number of nitriles is 1. The molecule has 1 N–H and O–H groups in total. The summed E-state index contributed by atoms with van der Waals surface area (Å²) in [4.78, 5) is 13.6. The highest BCUT2D eigenvalue weighted by Gasteiger charge is 2.13. The first-order valence-electron chi connectivity index (χ1n) is 5.48.